The number of hydrogen-bond donors (Lipinski definition) is 2. The first kappa shape index (κ1) is 9.98. The molecule has 0 radical (unpaired) electrons. The molecule has 0 aromatic heterocycles. The van der Waals surface area contributed by atoms with Crippen LogP contribution >= 0.6 is 0 Å². The molecule has 1 unspecified atom stereocenters. The Morgan fingerprint density at radius 2 is 1.92 bits per heavy atom. The molecule has 0 saturated carbocycles. The highest BCUT2D eigenvalue weighted by atomic mass is 16.4. The molecular weight excluding hydrogens is 172 g/mol. The lowest BCUT2D eigenvalue weighted by molar-refractivity contribution is -0.147. The number of aliphatic carboxylic acids is 1. The predicted octanol–water partition coefficient (Wildman–Crippen LogP) is -0.719. The van der Waals surface area contributed by atoms with Crippen LogP contribution in [-0.4, -0.2) is 48.1 Å². The number of carbonyl (C=O) groups excluding carboxylic acids is 1. The van der Waals surface area contributed by atoms with Crippen LogP contribution in [0.2, 0.25) is 0 Å². The Bertz CT molecular complexity index is 211. The molecule has 74 valence electrons. The van der Waals surface area contributed by atoms with Gasteiger partial charge in [0.25, 0.3) is 5.91 Å². The van der Waals surface area contributed by atoms with Gasteiger partial charge in [-0.25, -0.2) is 4.79 Å². The molecule has 5 nitrogen and oxygen atoms in total. The molecule has 5 heteroatoms. The van der Waals surface area contributed by atoms with Crippen LogP contribution in [0, 0.1) is 0 Å². The lowest BCUT2D eigenvalue weighted by atomic mass is 10.2. The van der Waals surface area contributed by atoms with E-state index in [9.17, 15) is 9.59 Å². The maximum absolute atomic E-state index is 11.5. The predicted molar refractivity (Wildman–Crippen MR) is 46.3 cm³/mol. The minimum atomic E-state index is -1.11. The summed E-state index contributed by atoms with van der Waals surface area (Å²) in [5.74, 6) is -1.44. The molecule has 1 fully saturated rings. The summed E-state index contributed by atoms with van der Waals surface area (Å²) in [6.07, 6.45) is 1.95. The van der Waals surface area contributed by atoms with Crippen molar-refractivity contribution < 1.29 is 14.7 Å². The fourth-order valence-electron chi connectivity index (χ4n) is 1.47. The van der Waals surface area contributed by atoms with Crippen molar-refractivity contribution in [2.75, 3.05) is 20.1 Å². The molecule has 0 aromatic rings. The number of nitrogens with zero attached hydrogens (tertiary/aromatic N) is 1. The Morgan fingerprint density at radius 3 is 2.31 bits per heavy atom. The van der Waals surface area contributed by atoms with Crippen LogP contribution in [-0.2, 0) is 9.59 Å². The van der Waals surface area contributed by atoms with Crippen LogP contribution in [0.5, 0.6) is 0 Å². The van der Waals surface area contributed by atoms with E-state index in [0.29, 0.717) is 13.1 Å². The maximum Gasteiger partial charge on any atom is 0.330 e. The van der Waals surface area contributed by atoms with Crippen molar-refractivity contribution >= 4 is 11.9 Å². The van der Waals surface area contributed by atoms with E-state index in [4.69, 9.17) is 5.11 Å². The number of nitrogens with one attached hydrogen (secondary N) is 1. The van der Waals surface area contributed by atoms with E-state index in [1.54, 1.807) is 4.90 Å². The molecule has 1 rings (SSSR count). The topological polar surface area (TPSA) is 69.6 Å². The van der Waals surface area contributed by atoms with E-state index < -0.39 is 12.0 Å². The number of amides is 1. The second-order valence-electron chi connectivity index (χ2n) is 3.09. The first-order valence-corrected chi connectivity index (χ1v) is 4.35. The number of carboxylic acids is 1. The summed E-state index contributed by atoms with van der Waals surface area (Å²) in [4.78, 5) is 23.7. The molecule has 0 spiro atoms. The van der Waals surface area contributed by atoms with Gasteiger partial charge >= 0.3 is 5.97 Å². The molecule has 1 aliphatic heterocycles. The van der Waals surface area contributed by atoms with Crippen molar-refractivity contribution in [3.8, 4) is 0 Å². The highest BCUT2D eigenvalue weighted by Crippen LogP contribution is 2.08. The fourth-order valence-corrected chi connectivity index (χ4v) is 1.47. The van der Waals surface area contributed by atoms with Gasteiger partial charge in [0.2, 0.25) is 0 Å². The van der Waals surface area contributed by atoms with E-state index in [1.807, 2.05) is 0 Å². The van der Waals surface area contributed by atoms with Gasteiger partial charge in [-0.05, 0) is 19.9 Å². The third-order valence-electron chi connectivity index (χ3n) is 2.20. The van der Waals surface area contributed by atoms with Crippen molar-refractivity contribution in [1.82, 2.24) is 10.2 Å². The summed E-state index contributed by atoms with van der Waals surface area (Å²) in [5.41, 5.74) is 0. The van der Waals surface area contributed by atoms with E-state index in [1.165, 1.54) is 7.05 Å². The number of likely N-dealkylation sites (tertiary alicyclic amines) is 1. The molecule has 0 aliphatic carbocycles. The van der Waals surface area contributed by atoms with E-state index >= 15 is 0 Å². The van der Waals surface area contributed by atoms with Gasteiger partial charge in [0.05, 0.1) is 0 Å². The van der Waals surface area contributed by atoms with Crippen LogP contribution in [0.1, 0.15) is 12.8 Å². The lowest BCUT2D eigenvalue weighted by Gasteiger charge is -2.19. The summed E-state index contributed by atoms with van der Waals surface area (Å²) in [6, 6.07) is -1.09. The Balaban J connectivity index is 2.57. The van der Waals surface area contributed by atoms with Crippen LogP contribution in [0.4, 0.5) is 0 Å². The zero-order valence-electron chi connectivity index (χ0n) is 7.62. The third-order valence-corrected chi connectivity index (χ3v) is 2.20. The zero-order valence-corrected chi connectivity index (χ0v) is 7.62. The van der Waals surface area contributed by atoms with E-state index in [0.717, 1.165) is 12.8 Å². The summed E-state index contributed by atoms with van der Waals surface area (Å²) >= 11 is 0. The highest BCUT2D eigenvalue weighted by molar-refractivity contribution is 6.01. The fraction of sp³-hybridized carbons (Fsp3) is 0.750. The van der Waals surface area contributed by atoms with Gasteiger partial charge in [0.15, 0.2) is 6.04 Å². The standard InChI is InChI=1S/C8H14N2O3/c1-9-6(8(12)13)7(11)10-4-2-3-5-10/h6,9H,2-5H2,1H3,(H,12,13). The summed E-state index contributed by atoms with van der Waals surface area (Å²) in [6.45, 7) is 1.37. The quantitative estimate of drug-likeness (QED) is 0.571. The highest BCUT2D eigenvalue weighted by Gasteiger charge is 2.30. The molecule has 1 aliphatic rings. The number of carbonyl (C=O) groups is 2. The molecule has 1 saturated heterocycles. The Hall–Kier alpha value is -1.10. The lowest BCUT2D eigenvalue weighted by Crippen LogP contribution is -2.48. The number of carboxylic acid groups (broad SMARTS) is 1. The third kappa shape index (κ3) is 2.18. The summed E-state index contributed by atoms with van der Waals surface area (Å²) in [5, 5.41) is 11.2. The first-order chi connectivity index (χ1) is 6.16. The molecule has 1 amide bonds. The Morgan fingerprint density at radius 1 is 1.38 bits per heavy atom. The normalized spacial score (nSPS) is 18.7. The zero-order chi connectivity index (χ0) is 9.84. The van der Waals surface area contributed by atoms with Crippen molar-refractivity contribution in [3.05, 3.63) is 0 Å². The first-order valence-electron chi connectivity index (χ1n) is 4.35. The van der Waals surface area contributed by atoms with Gasteiger partial charge in [-0.3, -0.25) is 10.1 Å². The minimum absolute atomic E-state index is 0.326. The van der Waals surface area contributed by atoms with Crippen LogP contribution < -0.4 is 5.32 Å². The molecule has 0 aromatic carbocycles. The smallest absolute Gasteiger partial charge is 0.330 e. The van der Waals surface area contributed by atoms with Crippen molar-refractivity contribution in [3.63, 3.8) is 0 Å². The average molecular weight is 186 g/mol. The van der Waals surface area contributed by atoms with Gasteiger partial charge in [0.1, 0.15) is 0 Å². The summed E-state index contributed by atoms with van der Waals surface area (Å²) in [7, 11) is 1.48. The largest absolute Gasteiger partial charge is 0.480 e. The Kier molecular flexibility index (Phi) is 3.25. The van der Waals surface area contributed by atoms with Crippen molar-refractivity contribution in [2.45, 2.75) is 18.9 Å². The minimum Gasteiger partial charge on any atom is -0.480 e. The molecule has 1 heterocycles. The summed E-state index contributed by atoms with van der Waals surface area (Å²) < 4.78 is 0. The van der Waals surface area contributed by atoms with Crippen molar-refractivity contribution in [2.24, 2.45) is 0 Å². The van der Waals surface area contributed by atoms with Crippen LogP contribution in [0.3, 0.4) is 0 Å². The van der Waals surface area contributed by atoms with E-state index in [2.05, 4.69) is 5.32 Å². The number of likely N-dealkylation sites (N-methyl/N-ethyl adjacent to an activating group) is 1. The van der Waals surface area contributed by atoms with Crippen molar-refractivity contribution in [1.29, 1.82) is 0 Å². The maximum atomic E-state index is 11.5. The second kappa shape index (κ2) is 4.23. The molecule has 2 N–H and O–H groups in total. The van der Waals surface area contributed by atoms with Gasteiger partial charge in [0, 0.05) is 13.1 Å². The van der Waals surface area contributed by atoms with Crippen LogP contribution in [0.25, 0.3) is 0 Å². The SMILES string of the molecule is CNC(C(=O)O)C(=O)N1CCCC1. The van der Waals surface area contributed by atoms with Gasteiger partial charge < -0.3 is 10.0 Å². The number of rotatable bonds is 3. The number of hydrogen-bond acceptors (Lipinski definition) is 3. The van der Waals surface area contributed by atoms with Crippen LogP contribution in [0.15, 0.2) is 0 Å². The molecular formula is C8H14N2O3. The van der Waals surface area contributed by atoms with Gasteiger partial charge in [-0.2, -0.15) is 0 Å². The molecule has 13 heavy (non-hydrogen) atoms. The molecule has 0 bridgehead atoms. The van der Waals surface area contributed by atoms with Gasteiger partial charge in [-0.1, -0.05) is 0 Å². The second-order valence-corrected chi connectivity index (χ2v) is 3.09. The molecule has 1 atom stereocenters. The Labute approximate surface area is 76.7 Å². The monoisotopic (exact) mass is 186 g/mol. The van der Waals surface area contributed by atoms with E-state index in [-0.39, 0.29) is 5.91 Å². The van der Waals surface area contributed by atoms with Gasteiger partial charge in [-0.15, -0.1) is 0 Å². The average Bonchev–Trinajstić information content (AvgIpc) is 2.56.